The van der Waals surface area contributed by atoms with Gasteiger partial charge in [-0.25, -0.2) is 13.5 Å². The summed E-state index contributed by atoms with van der Waals surface area (Å²) in [7, 11) is 0. The van der Waals surface area contributed by atoms with E-state index >= 15 is 0 Å². The van der Waals surface area contributed by atoms with Crippen LogP contribution in [-0.2, 0) is 0 Å². The topological polar surface area (TPSA) is 69.0 Å². The molecule has 0 saturated heterocycles. The Balaban J connectivity index is 1.46. The van der Waals surface area contributed by atoms with E-state index in [0.29, 0.717) is 0 Å². The van der Waals surface area contributed by atoms with Gasteiger partial charge in [0.1, 0.15) is 12.4 Å². The van der Waals surface area contributed by atoms with E-state index in [-0.39, 0.29) is 29.9 Å². The maximum absolute atomic E-state index is 13.7. The van der Waals surface area contributed by atoms with Crippen molar-refractivity contribution in [1.82, 2.24) is 20.3 Å². The van der Waals surface area contributed by atoms with E-state index in [1.807, 2.05) is 24.3 Å². The molecule has 3 aromatic rings. The molecular formula is C21H19BrF2N4O2. The minimum absolute atomic E-state index is 0.0217. The lowest BCUT2D eigenvalue weighted by Crippen LogP contribution is -2.37. The van der Waals surface area contributed by atoms with Gasteiger partial charge in [0.25, 0.3) is 5.91 Å². The fourth-order valence-corrected chi connectivity index (χ4v) is 3.35. The fourth-order valence-electron chi connectivity index (χ4n) is 3.09. The molecule has 6 nitrogen and oxygen atoms in total. The van der Waals surface area contributed by atoms with Gasteiger partial charge >= 0.3 is 0 Å². The number of carbonyl (C=O) groups is 1. The minimum Gasteiger partial charge on any atom is -0.488 e. The van der Waals surface area contributed by atoms with E-state index < -0.39 is 17.7 Å². The SMILES string of the molecule is CC(COc1ccc(F)cc1F)NC(=O)c1nnn(-c2ccc(Br)cc2)c1C1CC1. The molecule has 1 unspecified atom stereocenters. The number of halogens is 3. The van der Waals surface area contributed by atoms with E-state index in [1.165, 1.54) is 6.07 Å². The van der Waals surface area contributed by atoms with Crippen LogP contribution in [-0.4, -0.2) is 33.5 Å². The number of hydrogen-bond acceptors (Lipinski definition) is 4. The van der Waals surface area contributed by atoms with Crippen LogP contribution in [0, 0.1) is 11.6 Å². The zero-order valence-electron chi connectivity index (χ0n) is 16.1. The van der Waals surface area contributed by atoms with Gasteiger partial charge in [-0.1, -0.05) is 21.1 Å². The Morgan fingerprint density at radius 3 is 2.67 bits per heavy atom. The number of hydrogen-bond donors (Lipinski definition) is 1. The molecule has 1 heterocycles. The van der Waals surface area contributed by atoms with Crippen LogP contribution in [0.5, 0.6) is 5.75 Å². The van der Waals surface area contributed by atoms with E-state index in [9.17, 15) is 13.6 Å². The predicted octanol–water partition coefficient (Wildman–Crippen LogP) is 4.38. The summed E-state index contributed by atoms with van der Waals surface area (Å²) in [6, 6.07) is 10.3. The van der Waals surface area contributed by atoms with Gasteiger partial charge in [0.2, 0.25) is 0 Å². The molecule has 0 spiro atoms. The lowest BCUT2D eigenvalue weighted by molar-refractivity contribution is 0.0920. The molecule has 1 fully saturated rings. The summed E-state index contributed by atoms with van der Waals surface area (Å²) >= 11 is 3.41. The third-order valence-electron chi connectivity index (χ3n) is 4.72. The van der Waals surface area contributed by atoms with Crippen LogP contribution in [0.15, 0.2) is 46.9 Å². The molecule has 9 heteroatoms. The van der Waals surface area contributed by atoms with E-state index in [0.717, 1.165) is 40.8 Å². The summed E-state index contributed by atoms with van der Waals surface area (Å²) in [5.41, 5.74) is 1.89. The molecule has 0 radical (unpaired) electrons. The van der Waals surface area contributed by atoms with Gasteiger partial charge < -0.3 is 10.1 Å². The Bertz CT molecular complexity index is 1070. The molecule has 1 saturated carbocycles. The van der Waals surface area contributed by atoms with Crippen molar-refractivity contribution in [3.05, 3.63) is 70.0 Å². The number of nitrogens with one attached hydrogen (secondary N) is 1. The van der Waals surface area contributed by atoms with Crippen molar-refractivity contribution >= 4 is 21.8 Å². The van der Waals surface area contributed by atoms with Crippen LogP contribution in [0.4, 0.5) is 8.78 Å². The zero-order chi connectivity index (χ0) is 21.3. The normalized spacial score (nSPS) is 14.4. The highest BCUT2D eigenvalue weighted by molar-refractivity contribution is 9.10. The molecule has 1 aromatic heterocycles. The van der Waals surface area contributed by atoms with Gasteiger partial charge in [-0.15, -0.1) is 5.10 Å². The van der Waals surface area contributed by atoms with Crippen molar-refractivity contribution in [2.24, 2.45) is 0 Å². The monoisotopic (exact) mass is 476 g/mol. The molecule has 0 bridgehead atoms. The van der Waals surface area contributed by atoms with Crippen molar-refractivity contribution in [2.45, 2.75) is 31.7 Å². The van der Waals surface area contributed by atoms with E-state index in [1.54, 1.807) is 11.6 Å². The number of carbonyl (C=O) groups excluding carboxylic acids is 1. The van der Waals surface area contributed by atoms with Gasteiger partial charge in [-0.05, 0) is 56.2 Å². The molecule has 1 atom stereocenters. The first-order chi connectivity index (χ1) is 14.4. The third kappa shape index (κ3) is 4.51. The van der Waals surface area contributed by atoms with Crippen molar-refractivity contribution in [2.75, 3.05) is 6.61 Å². The molecular weight excluding hydrogens is 458 g/mol. The number of benzene rings is 2. The van der Waals surface area contributed by atoms with Crippen molar-refractivity contribution in [3.63, 3.8) is 0 Å². The summed E-state index contributed by atoms with van der Waals surface area (Å²) in [5.74, 6) is -1.66. The highest BCUT2D eigenvalue weighted by atomic mass is 79.9. The average Bonchev–Trinajstić information content (AvgIpc) is 3.45. The Kier molecular flexibility index (Phi) is 5.80. The first kappa shape index (κ1) is 20.5. The molecule has 0 aliphatic heterocycles. The van der Waals surface area contributed by atoms with Gasteiger partial charge in [-0.3, -0.25) is 4.79 Å². The maximum atomic E-state index is 13.7. The number of nitrogens with zero attached hydrogens (tertiary/aromatic N) is 3. The number of aromatic nitrogens is 3. The molecule has 4 rings (SSSR count). The van der Waals surface area contributed by atoms with Gasteiger partial charge in [0.15, 0.2) is 17.3 Å². The van der Waals surface area contributed by atoms with Crippen molar-refractivity contribution < 1.29 is 18.3 Å². The lowest BCUT2D eigenvalue weighted by Gasteiger charge is -2.15. The molecule has 1 aliphatic rings. The van der Waals surface area contributed by atoms with Crippen molar-refractivity contribution in [1.29, 1.82) is 0 Å². The Labute approximate surface area is 180 Å². The molecule has 156 valence electrons. The van der Waals surface area contributed by atoms with Crippen LogP contribution < -0.4 is 10.1 Å². The minimum atomic E-state index is -0.790. The lowest BCUT2D eigenvalue weighted by atomic mass is 10.2. The first-order valence-electron chi connectivity index (χ1n) is 9.52. The van der Waals surface area contributed by atoms with E-state index in [4.69, 9.17) is 4.74 Å². The summed E-state index contributed by atoms with van der Waals surface area (Å²) < 4.78 is 34.7. The Morgan fingerprint density at radius 1 is 1.27 bits per heavy atom. The number of rotatable bonds is 7. The summed E-state index contributed by atoms with van der Waals surface area (Å²) in [6.07, 6.45) is 1.96. The average molecular weight is 477 g/mol. The zero-order valence-corrected chi connectivity index (χ0v) is 17.7. The van der Waals surface area contributed by atoms with Crippen molar-refractivity contribution in [3.8, 4) is 11.4 Å². The van der Waals surface area contributed by atoms with Crippen LogP contribution in [0.1, 0.15) is 41.9 Å². The summed E-state index contributed by atoms with van der Waals surface area (Å²) in [6.45, 7) is 1.75. The second kappa shape index (κ2) is 8.51. The van der Waals surface area contributed by atoms with Crippen LogP contribution in [0.25, 0.3) is 5.69 Å². The smallest absolute Gasteiger partial charge is 0.274 e. The summed E-state index contributed by atoms with van der Waals surface area (Å²) in [5, 5.41) is 11.1. The van der Waals surface area contributed by atoms with E-state index in [2.05, 4.69) is 31.6 Å². The van der Waals surface area contributed by atoms with Crippen LogP contribution in [0.3, 0.4) is 0 Å². The Morgan fingerprint density at radius 2 is 2.00 bits per heavy atom. The summed E-state index contributed by atoms with van der Waals surface area (Å²) in [4.78, 5) is 12.8. The van der Waals surface area contributed by atoms with Crippen LogP contribution >= 0.6 is 15.9 Å². The van der Waals surface area contributed by atoms with Gasteiger partial charge in [0, 0.05) is 16.5 Å². The van der Waals surface area contributed by atoms with Crippen LogP contribution in [0.2, 0.25) is 0 Å². The molecule has 1 aliphatic carbocycles. The maximum Gasteiger partial charge on any atom is 0.274 e. The van der Waals surface area contributed by atoms with Gasteiger partial charge in [0.05, 0.1) is 17.4 Å². The fraction of sp³-hybridized carbons (Fsp3) is 0.286. The Hall–Kier alpha value is -2.81. The largest absolute Gasteiger partial charge is 0.488 e. The number of ether oxygens (including phenoxy) is 1. The predicted molar refractivity (Wildman–Crippen MR) is 110 cm³/mol. The third-order valence-corrected chi connectivity index (χ3v) is 5.24. The molecule has 1 amide bonds. The highest BCUT2D eigenvalue weighted by Crippen LogP contribution is 2.42. The standard InChI is InChI=1S/C21H19BrF2N4O2/c1-12(11-30-18-9-6-15(23)10-17(18)24)25-21(29)19-20(13-2-3-13)28(27-26-19)16-7-4-14(22)5-8-16/h4-10,12-13H,2-3,11H2,1H3,(H,25,29). The quantitative estimate of drug-likeness (QED) is 0.549. The highest BCUT2D eigenvalue weighted by Gasteiger charge is 2.34. The molecule has 1 N–H and O–H groups in total. The number of amides is 1. The molecule has 30 heavy (non-hydrogen) atoms. The first-order valence-corrected chi connectivity index (χ1v) is 10.3. The second-order valence-corrected chi connectivity index (χ2v) is 8.16. The second-order valence-electron chi connectivity index (χ2n) is 7.25. The van der Waals surface area contributed by atoms with Gasteiger partial charge in [-0.2, -0.15) is 0 Å². The molecule has 2 aromatic carbocycles.